The molecule has 3 N–H and O–H groups in total. The molecule has 16 heavy (non-hydrogen) atoms. The Morgan fingerprint density at radius 3 is 2.31 bits per heavy atom. The highest BCUT2D eigenvalue weighted by Crippen LogP contribution is 2.46. The number of alkyl halides is 3. The van der Waals surface area contributed by atoms with Gasteiger partial charge in [0.25, 0.3) is 0 Å². The van der Waals surface area contributed by atoms with Gasteiger partial charge in [-0.05, 0) is 12.8 Å². The van der Waals surface area contributed by atoms with E-state index in [0.29, 0.717) is 17.7 Å². The number of hydrogen-bond acceptors (Lipinski definition) is 3. The summed E-state index contributed by atoms with van der Waals surface area (Å²) in [5.74, 6) is -0.596. The second-order valence-electron chi connectivity index (χ2n) is 4.05. The summed E-state index contributed by atoms with van der Waals surface area (Å²) in [6, 6.07) is 0. The average molecular weight is 240 g/mol. The third kappa shape index (κ3) is 3.08. The van der Waals surface area contributed by atoms with Crippen molar-refractivity contribution in [1.29, 1.82) is 0 Å². The van der Waals surface area contributed by atoms with Crippen LogP contribution in [0.1, 0.15) is 12.8 Å². The van der Waals surface area contributed by atoms with Gasteiger partial charge in [0.2, 0.25) is 5.91 Å². The predicted molar refractivity (Wildman–Crippen MR) is 50.4 cm³/mol. The minimum Gasteiger partial charge on any atom is -0.395 e. The first-order valence-electron chi connectivity index (χ1n) is 5.02. The van der Waals surface area contributed by atoms with Gasteiger partial charge < -0.3 is 15.7 Å². The molecule has 0 atom stereocenters. The van der Waals surface area contributed by atoms with E-state index in [1.165, 1.54) is 0 Å². The molecule has 0 bridgehead atoms. The van der Waals surface area contributed by atoms with E-state index < -0.39 is 30.7 Å². The average Bonchev–Trinajstić information content (AvgIpc) is 2.94. The lowest BCUT2D eigenvalue weighted by Crippen LogP contribution is -2.46. The zero-order valence-electron chi connectivity index (χ0n) is 8.76. The van der Waals surface area contributed by atoms with E-state index in [1.54, 1.807) is 0 Å². The number of hydrogen-bond donors (Lipinski definition) is 2. The molecule has 0 saturated heterocycles. The number of aliphatic hydroxyl groups excluding tert-OH is 1. The number of aliphatic hydroxyl groups is 1. The van der Waals surface area contributed by atoms with Gasteiger partial charge in [-0.2, -0.15) is 13.2 Å². The van der Waals surface area contributed by atoms with E-state index in [2.05, 4.69) is 0 Å². The predicted octanol–water partition coefficient (Wildman–Crippen LogP) is 0.108. The SMILES string of the molecule is NCC1(C(=O)N(CCO)CC(F)(F)F)CC1. The molecule has 0 aromatic heterocycles. The molecular weight excluding hydrogens is 225 g/mol. The number of halogens is 3. The summed E-state index contributed by atoms with van der Waals surface area (Å²) < 4.78 is 36.6. The summed E-state index contributed by atoms with van der Waals surface area (Å²) in [4.78, 5) is 12.4. The van der Waals surface area contributed by atoms with Crippen LogP contribution in [-0.2, 0) is 4.79 Å². The summed E-state index contributed by atoms with van der Waals surface area (Å²) in [6.45, 7) is -2.05. The molecule has 1 amide bonds. The van der Waals surface area contributed by atoms with Crippen LogP contribution in [0.2, 0.25) is 0 Å². The molecule has 1 rings (SSSR count). The second kappa shape index (κ2) is 4.58. The lowest BCUT2D eigenvalue weighted by molar-refractivity contribution is -0.165. The number of nitrogens with zero attached hydrogens (tertiary/aromatic N) is 1. The van der Waals surface area contributed by atoms with Crippen molar-refractivity contribution in [3.63, 3.8) is 0 Å². The molecule has 0 heterocycles. The molecule has 0 spiro atoms. The first-order valence-corrected chi connectivity index (χ1v) is 5.02. The molecule has 1 fully saturated rings. The Kier molecular flexibility index (Phi) is 3.80. The molecule has 0 aliphatic heterocycles. The first kappa shape index (κ1) is 13.2. The summed E-state index contributed by atoms with van der Waals surface area (Å²) in [5.41, 5.74) is 4.57. The van der Waals surface area contributed by atoms with Gasteiger partial charge >= 0.3 is 6.18 Å². The van der Waals surface area contributed by atoms with Gasteiger partial charge in [-0.3, -0.25) is 4.79 Å². The molecule has 1 aliphatic carbocycles. The Hall–Kier alpha value is -0.820. The quantitative estimate of drug-likeness (QED) is 0.716. The summed E-state index contributed by atoms with van der Waals surface area (Å²) in [6.07, 6.45) is -3.39. The van der Waals surface area contributed by atoms with Gasteiger partial charge in [0.1, 0.15) is 6.54 Å². The third-order valence-electron chi connectivity index (χ3n) is 2.73. The number of amides is 1. The summed E-state index contributed by atoms with van der Waals surface area (Å²) in [7, 11) is 0. The van der Waals surface area contributed by atoms with Crippen molar-refractivity contribution in [2.45, 2.75) is 19.0 Å². The van der Waals surface area contributed by atoms with Crippen LogP contribution in [0.25, 0.3) is 0 Å². The monoisotopic (exact) mass is 240 g/mol. The van der Waals surface area contributed by atoms with Crippen LogP contribution < -0.4 is 5.73 Å². The van der Waals surface area contributed by atoms with Gasteiger partial charge in [0.05, 0.1) is 12.0 Å². The lowest BCUT2D eigenvalue weighted by atomic mass is 10.1. The fourth-order valence-electron chi connectivity index (χ4n) is 1.58. The molecule has 0 aromatic carbocycles. The van der Waals surface area contributed by atoms with Crippen molar-refractivity contribution in [1.82, 2.24) is 4.90 Å². The normalized spacial score (nSPS) is 18.3. The molecule has 1 saturated carbocycles. The Bertz CT molecular complexity index is 264. The van der Waals surface area contributed by atoms with Crippen LogP contribution in [-0.4, -0.2) is 48.3 Å². The van der Waals surface area contributed by atoms with Crippen molar-refractivity contribution in [2.75, 3.05) is 26.2 Å². The minimum absolute atomic E-state index is 0.0611. The number of carbonyl (C=O) groups is 1. The molecule has 0 aromatic rings. The number of rotatable bonds is 5. The minimum atomic E-state index is -4.45. The lowest BCUT2D eigenvalue weighted by Gasteiger charge is -2.26. The largest absolute Gasteiger partial charge is 0.406 e. The molecule has 0 radical (unpaired) electrons. The Labute approximate surface area is 91.2 Å². The molecule has 1 aliphatic rings. The highest BCUT2D eigenvalue weighted by Gasteiger charge is 2.51. The van der Waals surface area contributed by atoms with Crippen molar-refractivity contribution in [3.05, 3.63) is 0 Å². The van der Waals surface area contributed by atoms with E-state index in [-0.39, 0.29) is 13.1 Å². The van der Waals surface area contributed by atoms with Crippen LogP contribution in [0.4, 0.5) is 13.2 Å². The topological polar surface area (TPSA) is 66.6 Å². The number of nitrogens with two attached hydrogens (primary N) is 1. The van der Waals surface area contributed by atoms with Crippen LogP contribution in [0.15, 0.2) is 0 Å². The van der Waals surface area contributed by atoms with E-state index in [4.69, 9.17) is 10.8 Å². The smallest absolute Gasteiger partial charge is 0.395 e. The van der Waals surface area contributed by atoms with Gasteiger partial charge in [0.15, 0.2) is 0 Å². The second-order valence-corrected chi connectivity index (χ2v) is 4.05. The molecule has 7 heteroatoms. The van der Waals surface area contributed by atoms with E-state index in [9.17, 15) is 18.0 Å². The van der Waals surface area contributed by atoms with Gasteiger partial charge in [-0.1, -0.05) is 0 Å². The van der Waals surface area contributed by atoms with E-state index in [0.717, 1.165) is 0 Å². The zero-order chi connectivity index (χ0) is 12.4. The summed E-state index contributed by atoms with van der Waals surface area (Å²) in [5, 5.41) is 8.65. The standard InChI is InChI=1S/C9H15F3N2O2/c10-9(11,12)6-14(3-4-15)7(16)8(5-13)1-2-8/h15H,1-6,13H2. The van der Waals surface area contributed by atoms with Crippen LogP contribution in [0.5, 0.6) is 0 Å². The molecule has 4 nitrogen and oxygen atoms in total. The van der Waals surface area contributed by atoms with Crippen molar-refractivity contribution < 1.29 is 23.1 Å². The molecular formula is C9H15F3N2O2. The maximum Gasteiger partial charge on any atom is 0.406 e. The highest BCUT2D eigenvalue weighted by atomic mass is 19.4. The van der Waals surface area contributed by atoms with Crippen molar-refractivity contribution in [3.8, 4) is 0 Å². The molecule has 94 valence electrons. The van der Waals surface area contributed by atoms with Crippen LogP contribution in [0, 0.1) is 5.41 Å². The Balaban J connectivity index is 2.66. The van der Waals surface area contributed by atoms with Crippen LogP contribution in [0.3, 0.4) is 0 Å². The number of carbonyl (C=O) groups excluding carboxylic acids is 1. The maximum atomic E-state index is 12.2. The summed E-state index contributed by atoms with van der Waals surface area (Å²) >= 11 is 0. The van der Waals surface area contributed by atoms with E-state index in [1.807, 2.05) is 0 Å². The Morgan fingerprint density at radius 1 is 1.44 bits per heavy atom. The Morgan fingerprint density at radius 2 is 2.00 bits per heavy atom. The fourth-order valence-corrected chi connectivity index (χ4v) is 1.58. The van der Waals surface area contributed by atoms with Gasteiger partial charge in [-0.15, -0.1) is 0 Å². The van der Waals surface area contributed by atoms with Gasteiger partial charge in [-0.25, -0.2) is 0 Å². The first-order chi connectivity index (χ1) is 7.34. The zero-order valence-corrected chi connectivity index (χ0v) is 8.76. The maximum absolute atomic E-state index is 12.2. The highest BCUT2D eigenvalue weighted by molar-refractivity contribution is 5.85. The fraction of sp³-hybridized carbons (Fsp3) is 0.889. The third-order valence-corrected chi connectivity index (χ3v) is 2.73. The molecule has 0 unspecified atom stereocenters. The van der Waals surface area contributed by atoms with Gasteiger partial charge in [0, 0.05) is 13.1 Å². The van der Waals surface area contributed by atoms with Crippen LogP contribution >= 0.6 is 0 Å². The van der Waals surface area contributed by atoms with Crippen molar-refractivity contribution >= 4 is 5.91 Å². The van der Waals surface area contributed by atoms with E-state index >= 15 is 0 Å². The van der Waals surface area contributed by atoms with Crippen molar-refractivity contribution in [2.24, 2.45) is 11.1 Å².